The molecule has 1 aliphatic rings. The van der Waals surface area contributed by atoms with E-state index in [1.54, 1.807) is 23.7 Å². The number of amides is 2. The van der Waals surface area contributed by atoms with E-state index in [-0.39, 0.29) is 45.3 Å². The van der Waals surface area contributed by atoms with Crippen LogP contribution < -0.4 is 11.1 Å². The van der Waals surface area contributed by atoms with Crippen molar-refractivity contribution < 1.29 is 23.1 Å². The van der Waals surface area contributed by atoms with Gasteiger partial charge in [0.25, 0.3) is 5.91 Å². The molecule has 0 unspecified atom stereocenters. The summed E-state index contributed by atoms with van der Waals surface area (Å²) in [7, 11) is 3.17. The summed E-state index contributed by atoms with van der Waals surface area (Å²) >= 11 is 6.30. The molecule has 4 rings (SSSR count). The van der Waals surface area contributed by atoms with Crippen LogP contribution in [0.15, 0.2) is 31.1 Å². The topological polar surface area (TPSA) is 120 Å². The fraction of sp³-hybridized carbons (Fsp3) is 0.333. The monoisotopic (exact) mass is 531 g/mol. The molecular formula is C24H24ClF2N7O3. The number of benzene rings is 1. The van der Waals surface area contributed by atoms with Gasteiger partial charge in [0.15, 0.2) is 5.69 Å². The van der Waals surface area contributed by atoms with E-state index < -0.39 is 12.5 Å². The van der Waals surface area contributed by atoms with Gasteiger partial charge in [0.05, 0.1) is 34.7 Å². The van der Waals surface area contributed by atoms with Crippen molar-refractivity contribution in [2.24, 2.45) is 5.73 Å². The van der Waals surface area contributed by atoms with E-state index in [9.17, 15) is 18.4 Å². The number of methoxy groups -OCH3 is 1. The van der Waals surface area contributed by atoms with Crippen LogP contribution in [0.3, 0.4) is 0 Å². The minimum atomic E-state index is -2.77. The zero-order valence-electron chi connectivity index (χ0n) is 20.0. The first-order valence-electron chi connectivity index (χ1n) is 11.2. The molecule has 2 amide bonds. The Hall–Kier alpha value is -3.95. The summed E-state index contributed by atoms with van der Waals surface area (Å²) in [6, 6.07) is 2.33. The molecule has 0 radical (unpaired) electrons. The zero-order chi connectivity index (χ0) is 26.9. The lowest BCUT2D eigenvalue weighted by molar-refractivity contribution is -0.127. The number of nitrogens with one attached hydrogen (secondary N) is 1. The summed E-state index contributed by atoms with van der Waals surface area (Å²) in [5.74, 6) is 5.05. The van der Waals surface area contributed by atoms with Gasteiger partial charge < -0.3 is 20.7 Å². The van der Waals surface area contributed by atoms with E-state index in [0.717, 1.165) is 6.33 Å². The number of hydrogen-bond acceptors (Lipinski definition) is 6. The third-order valence-electron chi connectivity index (χ3n) is 6.14. The number of halogens is 3. The molecule has 37 heavy (non-hydrogen) atoms. The number of hydrogen-bond donors (Lipinski definition) is 2. The summed E-state index contributed by atoms with van der Waals surface area (Å²) < 4.78 is 33.9. The number of fused-ring (bicyclic) bond motifs is 1. The van der Waals surface area contributed by atoms with Crippen LogP contribution >= 0.6 is 11.6 Å². The van der Waals surface area contributed by atoms with Gasteiger partial charge >= 0.3 is 6.55 Å². The van der Waals surface area contributed by atoms with Gasteiger partial charge in [0, 0.05) is 26.3 Å². The van der Waals surface area contributed by atoms with Gasteiger partial charge in [-0.15, -0.1) is 0 Å². The second kappa shape index (κ2) is 10.6. The largest absolute Gasteiger partial charge is 0.383 e. The number of rotatable bonds is 7. The number of anilines is 1. The summed E-state index contributed by atoms with van der Waals surface area (Å²) in [6.07, 6.45) is 2.78. The van der Waals surface area contributed by atoms with Crippen LogP contribution in [-0.2, 0) is 9.53 Å². The number of alkyl halides is 2. The van der Waals surface area contributed by atoms with Crippen LogP contribution in [0.2, 0.25) is 5.02 Å². The zero-order valence-corrected chi connectivity index (χ0v) is 20.8. The van der Waals surface area contributed by atoms with Gasteiger partial charge in [-0.1, -0.05) is 24.1 Å². The molecule has 2 aromatic heterocycles. The number of ether oxygens (including phenoxy) is 1. The minimum Gasteiger partial charge on any atom is -0.383 e. The smallest absolute Gasteiger partial charge is 0.320 e. The van der Waals surface area contributed by atoms with Gasteiger partial charge in [-0.3, -0.25) is 14.2 Å². The Morgan fingerprint density at radius 3 is 2.78 bits per heavy atom. The quantitative estimate of drug-likeness (QED) is 0.357. The lowest BCUT2D eigenvalue weighted by Crippen LogP contribution is -2.37. The highest BCUT2D eigenvalue weighted by molar-refractivity contribution is 6.32. The Morgan fingerprint density at radius 2 is 2.16 bits per heavy atom. The SMILES string of the molecule is C=CC(=O)N1C[C@@H](n2nc(C#Cc3cc4ncn(C(F)F)c4cc3Cl)c(C(N)=O)c2NC)C[C@@H]1COC. The first-order chi connectivity index (χ1) is 17.7. The first kappa shape index (κ1) is 26.1. The molecule has 2 atom stereocenters. The predicted molar refractivity (Wildman–Crippen MR) is 133 cm³/mol. The number of carbonyl (C=O) groups excluding carboxylic acids is 2. The van der Waals surface area contributed by atoms with E-state index in [1.165, 1.54) is 18.2 Å². The van der Waals surface area contributed by atoms with E-state index in [2.05, 4.69) is 33.8 Å². The summed E-state index contributed by atoms with van der Waals surface area (Å²) in [4.78, 5) is 30.4. The average molecular weight is 532 g/mol. The van der Waals surface area contributed by atoms with Crippen LogP contribution in [0.5, 0.6) is 0 Å². The highest BCUT2D eigenvalue weighted by Gasteiger charge is 2.37. The average Bonchev–Trinajstić information content (AvgIpc) is 3.56. The third kappa shape index (κ3) is 4.87. The highest BCUT2D eigenvalue weighted by atomic mass is 35.5. The maximum absolute atomic E-state index is 13.2. The lowest BCUT2D eigenvalue weighted by Gasteiger charge is -2.22. The van der Waals surface area contributed by atoms with Gasteiger partial charge in [0.2, 0.25) is 5.91 Å². The summed E-state index contributed by atoms with van der Waals surface area (Å²) in [6.45, 7) is 1.43. The second-order valence-corrected chi connectivity index (χ2v) is 8.73. The van der Waals surface area contributed by atoms with Crippen LogP contribution in [-0.4, -0.2) is 69.4 Å². The van der Waals surface area contributed by atoms with Gasteiger partial charge in [-0.25, -0.2) is 9.67 Å². The normalized spacial score (nSPS) is 17.2. The van der Waals surface area contributed by atoms with Crippen molar-refractivity contribution in [2.75, 3.05) is 32.6 Å². The van der Waals surface area contributed by atoms with E-state index >= 15 is 0 Å². The molecule has 1 fully saturated rings. The first-order valence-corrected chi connectivity index (χ1v) is 11.6. The Morgan fingerprint density at radius 1 is 1.41 bits per heavy atom. The maximum atomic E-state index is 13.2. The number of nitrogens with zero attached hydrogens (tertiary/aromatic N) is 5. The Balaban J connectivity index is 1.75. The van der Waals surface area contributed by atoms with Crippen molar-refractivity contribution in [1.29, 1.82) is 0 Å². The Labute approximate surface area is 216 Å². The fourth-order valence-corrected chi connectivity index (χ4v) is 4.70. The fourth-order valence-electron chi connectivity index (χ4n) is 4.49. The van der Waals surface area contributed by atoms with Crippen molar-refractivity contribution in [1.82, 2.24) is 24.2 Å². The molecule has 13 heteroatoms. The molecule has 0 aliphatic carbocycles. The number of nitrogens with two attached hydrogens (primary N) is 1. The summed E-state index contributed by atoms with van der Waals surface area (Å²) in [5.41, 5.74) is 6.61. The molecular weight excluding hydrogens is 508 g/mol. The van der Waals surface area contributed by atoms with Crippen LogP contribution in [0, 0.1) is 11.8 Å². The van der Waals surface area contributed by atoms with E-state index in [4.69, 9.17) is 22.1 Å². The van der Waals surface area contributed by atoms with Crippen molar-refractivity contribution >= 4 is 40.3 Å². The van der Waals surface area contributed by atoms with Crippen molar-refractivity contribution in [3.63, 3.8) is 0 Å². The standard InChI is InChI=1S/C24H24ClF2N7O3/c1-4-20(35)32-10-14(8-15(32)11-37-3)34-23(29-2)21(22(28)36)17(31-34)6-5-13-7-18-19(9-16(13)25)33(12-30-18)24(26)27/h4,7,9,12,14-15,24,29H,1,8,10-11H2,2-3H3,(H2,28,36)/t14-,15+/m0/s1. The third-order valence-corrected chi connectivity index (χ3v) is 6.45. The summed E-state index contributed by atoms with van der Waals surface area (Å²) in [5, 5.41) is 7.64. The molecule has 1 aromatic carbocycles. The Bertz CT molecular complexity index is 1440. The van der Waals surface area contributed by atoms with Crippen molar-refractivity contribution in [3.05, 3.63) is 53.0 Å². The maximum Gasteiger partial charge on any atom is 0.320 e. The van der Waals surface area contributed by atoms with Gasteiger partial charge in [-0.2, -0.15) is 13.9 Å². The van der Waals surface area contributed by atoms with Crippen LogP contribution in [0.1, 0.15) is 40.6 Å². The molecule has 10 nitrogen and oxygen atoms in total. The Kier molecular flexibility index (Phi) is 7.47. The van der Waals surface area contributed by atoms with Crippen LogP contribution in [0.4, 0.5) is 14.6 Å². The molecule has 3 N–H and O–H groups in total. The molecule has 3 heterocycles. The molecule has 0 spiro atoms. The van der Waals surface area contributed by atoms with E-state index in [0.29, 0.717) is 35.5 Å². The second-order valence-electron chi connectivity index (χ2n) is 8.32. The highest BCUT2D eigenvalue weighted by Crippen LogP contribution is 2.33. The number of carbonyl (C=O) groups is 2. The molecule has 1 saturated heterocycles. The molecule has 194 valence electrons. The lowest BCUT2D eigenvalue weighted by atomic mass is 10.1. The number of imidazole rings is 1. The molecule has 0 bridgehead atoms. The number of aromatic nitrogens is 4. The minimum absolute atomic E-state index is 0.0750. The van der Waals surface area contributed by atoms with Crippen LogP contribution in [0.25, 0.3) is 11.0 Å². The number of likely N-dealkylation sites (tertiary alicyclic amines) is 1. The predicted octanol–water partition coefficient (Wildman–Crippen LogP) is 2.80. The molecule has 1 aliphatic heterocycles. The molecule has 0 saturated carbocycles. The van der Waals surface area contributed by atoms with Gasteiger partial charge in [-0.05, 0) is 30.6 Å². The van der Waals surface area contributed by atoms with Gasteiger partial charge in [0.1, 0.15) is 17.7 Å². The van der Waals surface area contributed by atoms with Crippen molar-refractivity contribution in [2.45, 2.75) is 25.1 Å². The number of primary amides is 1. The van der Waals surface area contributed by atoms with Crippen molar-refractivity contribution in [3.8, 4) is 11.8 Å². The molecule has 3 aromatic rings. The van der Waals surface area contributed by atoms with E-state index in [1.807, 2.05) is 0 Å².